The van der Waals surface area contributed by atoms with Gasteiger partial charge < -0.3 is 10.5 Å². The van der Waals surface area contributed by atoms with Gasteiger partial charge in [-0.2, -0.15) is 0 Å². The Kier molecular flexibility index (Phi) is 2.70. The van der Waals surface area contributed by atoms with E-state index in [0.29, 0.717) is 0 Å². The zero-order chi connectivity index (χ0) is 11.8. The Morgan fingerprint density at radius 2 is 2.06 bits per heavy atom. The fraction of sp³-hybridized carbons (Fsp3) is 0.462. The molecule has 4 heteroatoms. The fourth-order valence-corrected chi connectivity index (χ4v) is 2.84. The third-order valence-electron chi connectivity index (χ3n) is 3.84. The van der Waals surface area contributed by atoms with E-state index in [1.165, 1.54) is 24.0 Å². The van der Waals surface area contributed by atoms with Gasteiger partial charge in [-0.3, -0.25) is 0 Å². The monoisotopic (exact) mass is 231 g/mol. The third-order valence-corrected chi connectivity index (χ3v) is 3.84. The molecule has 2 aliphatic rings. The fourth-order valence-electron chi connectivity index (χ4n) is 2.84. The molecule has 3 atom stereocenters. The van der Waals surface area contributed by atoms with Crippen LogP contribution in [0.15, 0.2) is 18.2 Å². The molecular weight excluding hydrogens is 214 g/mol. The summed E-state index contributed by atoms with van der Waals surface area (Å²) in [6.45, 7) is 0. The summed E-state index contributed by atoms with van der Waals surface area (Å²) in [4.78, 5) is 11.1. The van der Waals surface area contributed by atoms with E-state index in [9.17, 15) is 4.79 Å². The minimum atomic E-state index is -0.300. The maximum Gasteiger partial charge on any atom is 0.127 e. The molecule has 0 bridgehead atoms. The quantitative estimate of drug-likeness (QED) is 0.645. The second-order valence-corrected chi connectivity index (χ2v) is 4.89. The van der Waals surface area contributed by atoms with Crippen LogP contribution in [-0.4, -0.2) is 12.5 Å². The van der Waals surface area contributed by atoms with Gasteiger partial charge in [0.25, 0.3) is 0 Å². The number of benzene rings is 1. The van der Waals surface area contributed by atoms with Crippen molar-refractivity contribution in [3.8, 4) is 0 Å². The normalized spacial score (nSPS) is 31.5. The van der Waals surface area contributed by atoms with E-state index in [1.807, 2.05) is 0 Å². The van der Waals surface area contributed by atoms with Crippen LogP contribution in [0.4, 0.5) is 0 Å². The molecule has 3 unspecified atom stereocenters. The van der Waals surface area contributed by atoms with Crippen molar-refractivity contribution in [3.05, 3.63) is 34.9 Å². The topological polar surface area (TPSA) is 67.2 Å². The van der Waals surface area contributed by atoms with Crippen LogP contribution in [0.3, 0.4) is 0 Å². The Bertz CT molecular complexity index is 446. The number of aldehydes is 1. The van der Waals surface area contributed by atoms with Crippen molar-refractivity contribution >= 4 is 6.29 Å². The first-order valence-electron chi connectivity index (χ1n) is 6.13. The van der Waals surface area contributed by atoms with Gasteiger partial charge in [0.2, 0.25) is 0 Å². The Morgan fingerprint density at radius 3 is 2.88 bits per heavy atom. The van der Waals surface area contributed by atoms with Crippen molar-refractivity contribution < 1.29 is 4.79 Å². The van der Waals surface area contributed by atoms with E-state index in [2.05, 4.69) is 29.1 Å². The molecule has 1 aliphatic carbocycles. The highest BCUT2D eigenvalue weighted by Crippen LogP contribution is 2.30. The second kappa shape index (κ2) is 4.22. The van der Waals surface area contributed by atoms with Gasteiger partial charge in [-0.25, -0.2) is 10.9 Å². The van der Waals surface area contributed by atoms with E-state index in [1.54, 1.807) is 0 Å². The molecule has 4 nitrogen and oxygen atoms in total. The van der Waals surface area contributed by atoms with Crippen LogP contribution in [0, 0.1) is 5.92 Å². The van der Waals surface area contributed by atoms with Gasteiger partial charge in [0.1, 0.15) is 6.29 Å². The Hall–Kier alpha value is -1.23. The number of aryl methyl sites for hydroxylation is 2. The molecule has 0 spiro atoms. The summed E-state index contributed by atoms with van der Waals surface area (Å²) in [5.74, 6) is -0.200. The lowest BCUT2D eigenvalue weighted by Crippen LogP contribution is -2.39. The molecule has 0 amide bonds. The van der Waals surface area contributed by atoms with Crippen molar-refractivity contribution in [2.24, 2.45) is 11.7 Å². The second-order valence-electron chi connectivity index (χ2n) is 4.89. The number of nitrogens with two attached hydrogens (primary N) is 1. The summed E-state index contributed by atoms with van der Waals surface area (Å²) < 4.78 is 0. The van der Waals surface area contributed by atoms with Gasteiger partial charge in [-0.05, 0) is 36.0 Å². The molecule has 1 aromatic rings. The maximum absolute atomic E-state index is 11.1. The van der Waals surface area contributed by atoms with Gasteiger partial charge in [0.15, 0.2) is 0 Å². The summed E-state index contributed by atoms with van der Waals surface area (Å²) in [5, 5.41) is 0. The van der Waals surface area contributed by atoms with Crippen molar-refractivity contribution in [1.82, 2.24) is 10.9 Å². The predicted octanol–water partition coefficient (Wildman–Crippen LogP) is 0.424. The van der Waals surface area contributed by atoms with E-state index < -0.39 is 0 Å². The van der Waals surface area contributed by atoms with Crippen molar-refractivity contribution in [2.75, 3.05) is 0 Å². The summed E-state index contributed by atoms with van der Waals surface area (Å²) in [6.07, 6.45) is 4.22. The van der Waals surface area contributed by atoms with Crippen LogP contribution in [0.1, 0.15) is 29.2 Å². The molecule has 1 heterocycles. The first-order chi connectivity index (χ1) is 8.29. The number of nitrogens with one attached hydrogen (secondary N) is 2. The van der Waals surface area contributed by atoms with Crippen LogP contribution in [-0.2, 0) is 17.6 Å². The van der Waals surface area contributed by atoms with Crippen LogP contribution in [0.25, 0.3) is 0 Å². The zero-order valence-electron chi connectivity index (χ0n) is 9.65. The molecular formula is C13H17N3O. The number of fused-ring (bicyclic) bond motifs is 1. The molecule has 1 aromatic carbocycles. The molecule has 1 fully saturated rings. The minimum Gasteiger partial charge on any atom is -0.314 e. The van der Waals surface area contributed by atoms with E-state index in [0.717, 1.165) is 18.3 Å². The number of carbonyl (C=O) groups is 1. The zero-order valence-corrected chi connectivity index (χ0v) is 9.65. The largest absolute Gasteiger partial charge is 0.314 e. The highest BCUT2D eigenvalue weighted by Gasteiger charge is 2.34. The average Bonchev–Trinajstić information content (AvgIpc) is 2.93. The summed E-state index contributed by atoms with van der Waals surface area (Å²) in [5.41, 5.74) is 15.9. The Morgan fingerprint density at radius 1 is 1.24 bits per heavy atom. The minimum absolute atomic E-state index is 0.00611. The van der Waals surface area contributed by atoms with Gasteiger partial charge in [-0.15, -0.1) is 0 Å². The van der Waals surface area contributed by atoms with Gasteiger partial charge in [-0.1, -0.05) is 18.2 Å². The lowest BCUT2D eigenvalue weighted by molar-refractivity contribution is -0.111. The Balaban J connectivity index is 1.91. The summed E-state index contributed by atoms with van der Waals surface area (Å²) >= 11 is 0. The smallest absolute Gasteiger partial charge is 0.127 e. The van der Waals surface area contributed by atoms with Crippen LogP contribution < -0.4 is 16.6 Å². The number of rotatable bonds is 2. The number of hydrazine groups is 1. The maximum atomic E-state index is 11.1. The molecule has 1 saturated heterocycles. The van der Waals surface area contributed by atoms with Gasteiger partial charge in [0.05, 0.1) is 18.1 Å². The summed E-state index contributed by atoms with van der Waals surface area (Å²) in [7, 11) is 0. The van der Waals surface area contributed by atoms with Crippen molar-refractivity contribution in [1.29, 1.82) is 0 Å². The molecule has 17 heavy (non-hydrogen) atoms. The van der Waals surface area contributed by atoms with E-state index >= 15 is 0 Å². The first kappa shape index (κ1) is 10.9. The Labute approximate surface area is 101 Å². The number of carbonyl (C=O) groups excluding carboxylic acids is 1. The van der Waals surface area contributed by atoms with Gasteiger partial charge in [0, 0.05) is 0 Å². The molecule has 0 saturated carbocycles. The van der Waals surface area contributed by atoms with Crippen LogP contribution in [0.2, 0.25) is 0 Å². The standard InChI is InChI=1S/C13H17N3O/c14-13-11(7-17)12(15-16-13)10-5-4-8-2-1-3-9(8)6-10/h4-7,11-13,15-16H,1-3,14H2. The molecule has 0 radical (unpaired) electrons. The highest BCUT2D eigenvalue weighted by molar-refractivity contribution is 5.58. The lowest BCUT2D eigenvalue weighted by Gasteiger charge is -2.16. The predicted molar refractivity (Wildman–Crippen MR) is 65.0 cm³/mol. The SMILES string of the molecule is NC1NNC(c2ccc3c(c2)CCC3)C1C=O. The molecule has 4 N–H and O–H groups in total. The molecule has 1 aliphatic heterocycles. The molecule has 0 aromatic heterocycles. The lowest BCUT2D eigenvalue weighted by atomic mass is 9.92. The number of hydrogen-bond donors (Lipinski definition) is 3. The first-order valence-corrected chi connectivity index (χ1v) is 6.13. The van der Waals surface area contributed by atoms with Crippen LogP contribution >= 0.6 is 0 Å². The van der Waals surface area contributed by atoms with Crippen molar-refractivity contribution in [3.63, 3.8) is 0 Å². The highest BCUT2D eigenvalue weighted by atomic mass is 16.1. The molecule has 90 valence electrons. The van der Waals surface area contributed by atoms with Crippen LogP contribution in [0.5, 0.6) is 0 Å². The average molecular weight is 231 g/mol. The van der Waals surface area contributed by atoms with Gasteiger partial charge >= 0.3 is 0 Å². The number of hydrogen-bond acceptors (Lipinski definition) is 4. The molecule has 3 rings (SSSR count). The third kappa shape index (κ3) is 1.78. The van der Waals surface area contributed by atoms with E-state index in [4.69, 9.17) is 5.73 Å². The van der Waals surface area contributed by atoms with Crippen molar-refractivity contribution in [2.45, 2.75) is 31.5 Å². The summed E-state index contributed by atoms with van der Waals surface area (Å²) in [6, 6.07) is 6.51. The van der Waals surface area contributed by atoms with E-state index in [-0.39, 0.29) is 18.1 Å².